The Morgan fingerprint density at radius 3 is 3.00 bits per heavy atom. The Morgan fingerprint density at radius 2 is 2.37 bits per heavy atom. The van der Waals surface area contributed by atoms with Gasteiger partial charge in [0.25, 0.3) is 0 Å². The predicted octanol–water partition coefficient (Wildman–Crippen LogP) is 2.81. The minimum absolute atomic E-state index is 0.132. The minimum Gasteiger partial charge on any atom is -0.378 e. The van der Waals surface area contributed by atoms with Crippen molar-refractivity contribution in [2.75, 3.05) is 6.61 Å². The summed E-state index contributed by atoms with van der Waals surface area (Å²) in [6.07, 6.45) is 5.26. The molecule has 106 valence electrons. The lowest BCUT2D eigenvalue weighted by atomic mass is 10.00. The number of hydrazine groups is 1. The highest BCUT2D eigenvalue weighted by molar-refractivity contribution is 6.31. The van der Waals surface area contributed by atoms with Crippen molar-refractivity contribution in [2.24, 2.45) is 5.84 Å². The molecule has 1 aromatic carbocycles. The molecule has 0 saturated carbocycles. The molecule has 1 saturated heterocycles. The number of benzene rings is 1. The average molecular weight is 287 g/mol. The fourth-order valence-corrected chi connectivity index (χ4v) is 2.70. The molecule has 2 unspecified atom stereocenters. The van der Waals surface area contributed by atoms with Gasteiger partial charge in [-0.1, -0.05) is 17.7 Å². The zero-order valence-electron chi connectivity index (χ0n) is 10.9. The zero-order valence-corrected chi connectivity index (χ0v) is 11.6. The van der Waals surface area contributed by atoms with Crippen molar-refractivity contribution < 1.29 is 9.13 Å². The third kappa shape index (κ3) is 4.42. The first-order valence-corrected chi connectivity index (χ1v) is 7.08. The van der Waals surface area contributed by atoms with Crippen molar-refractivity contribution in [2.45, 2.75) is 44.2 Å². The van der Waals surface area contributed by atoms with E-state index >= 15 is 0 Å². The molecule has 3 N–H and O–H groups in total. The molecule has 19 heavy (non-hydrogen) atoms. The summed E-state index contributed by atoms with van der Waals surface area (Å²) in [6.45, 7) is 0.870. The van der Waals surface area contributed by atoms with E-state index in [0.29, 0.717) is 17.5 Å². The number of halogens is 2. The van der Waals surface area contributed by atoms with Crippen molar-refractivity contribution in [3.05, 3.63) is 34.6 Å². The zero-order chi connectivity index (χ0) is 13.7. The summed E-state index contributed by atoms with van der Waals surface area (Å²) >= 11 is 6.02. The van der Waals surface area contributed by atoms with Gasteiger partial charge < -0.3 is 4.74 Å². The molecular weight excluding hydrogens is 267 g/mol. The van der Waals surface area contributed by atoms with Crippen LogP contribution in [0.25, 0.3) is 0 Å². The standard InChI is InChI=1S/C14H20ClFN2O/c15-14-9-11(16)4-3-10(14)8-12(18-17)5-6-13-2-1-7-19-13/h3-4,9,12-13,18H,1-2,5-8,17H2. The highest BCUT2D eigenvalue weighted by Crippen LogP contribution is 2.22. The van der Waals surface area contributed by atoms with Gasteiger partial charge in [0.05, 0.1) is 6.10 Å². The molecule has 1 fully saturated rings. The number of nitrogens with one attached hydrogen (secondary N) is 1. The lowest BCUT2D eigenvalue weighted by Gasteiger charge is -2.18. The van der Waals surface area contributed by atoms with E-state index in [0.717, 1.165) is 37.9 Å². The first-order chi connectivity index (χ1) is 9.19. The molecule has 5 heteroatoms. The summed E-state index contributed by atoms with van der Waals surface area (Å²) in [5.41, 5.74) is 3.72. The third-order valence-corrected chi connectivity index (χ3v) is 3.93. The second-order valence-electron chi connectivity index (χ2n) is 5.02. The minimum atomic E-state index is -0.314. The summed E-state index contributed by atoms with van der Waals surface area (Å²) in [5.74, 6) is 5.26. The molecule has 0 bridgehead atoms. The normalized spacial score (nSPS) is 20.7. The summed E-state index contributed by atoms with van der Waals surface area (Å²) in [5, 5.41) is 0.456. The van der Waals surface area contributed by atoms with Crippen LogP contribution in [0.2, 0.25) is 5.02 Å². The van der Waals surface area contributed by atoms with Gasteiger partial charge in [0, 0.05) is 17.7 Å². The molecule has 0 spiro atoms. The van der Waals surface area contributed by atoms with Crippen molar-refractivity contribution in [3.8, 4) is 0 Å². The van der Waals surface area contributed by atoms with E-state index in [9.17, 15) is 4.39 Å². The van der Waals surface area contributed by atoms with Crippen LogP contribution in [0.15, 0.2) is 18.2 Å². The lowest BCUT2D eigenvalue weighted by molar-refractivity contribution is 0.0996. The Hall–Kier alpha value is -0.680. The van der Waals surface area contributed by atoms with E-state index in [1.54, 1.807) is 6.07 Å². The quantitative estimate of drug-likeness (QED) is 0.624. The number of nitrogens with two attached hydrogens (primary N) is 1. The fourth-order valence-electron chi connectivity index (χ4n) is 2.46. The van der Waals surface area contributed by atoms with E-state index < -0.39 is 0 Å². The predicted molar refractivity (Wildman–Crippen MR) is 74.4 cm³/mol. The van der Waals surface area contributed by atoms with Crippen molar-refractivity contribution in [1.82, 2.24) is 5.43 Å². The van der Waals surface area contributed by atoms with E-state index in [1.807, 2.05) is 0 Å². The topological polar surface area (TPSA) is 47.3 Å². The maximum absolute atomic E-state index is 13.0. The first kappa shape index (κ1) is 14.7. The van der Waals surface area contributed by atoms with E-state index in [4.69, 9.17) is 22.2 Å². The SMILES string of the molecule is NNC(CCC1CCCO1)Cc1ccc(F)cc1Cl. The smallest absolute Gasteiger partial charge is 0.124 e. The van der Waals surface area contributed by atoms with Crippen LogP contribution in [0, 0.1) is 5.82 Å². The number of ether oxygens (including phenoxy) is 1. The molecule has 2 atom stereocenters. The Kier molecular flexibility index (Phi) is 5.58. The van der Waals surface area contributed by atoms with Crippen molar-refractivity contribution >= 4 is 11.6 Å². The summed E-state index contributed by atoms with van der Waals surface area (Å²) in [6, 6.07) is 4.61. The molecule has 2 rings (SSSR count). The van der Waals surface area contributed by atoms with Crippen LogP contribution >= 0.6 is 11.6 Å². The highest BCUT2D eigenvalue weighted by Gasteiger charge is 2.18. The fraction of sp³-hybridized carbons (Fsp3) is 0.571. The highest BCUT2D eigenvalue weighted by atomic mass is 35.5. The summed E-state index contributed by atoms with van der Waals surface area (Å²) < 4.78 is 18.6. The van der Waals surface area contributed by atoms with Crippen LogP contribution in [0.3, 0.4) is 0 Å². The number of hydrogen-bond acceptors (Lipinski definition) is 3. The molecule has 1 heterocycles. The Morgan fingerprint density at radius 1 is 1.53 bits per heavy atom. The molecule has 1 aromatic rings. The van der Waals surface area contributed by atoms with Crippen LogP contribution in [0.4, 0.5) is 4.39 Å². The molecule has 0 amide bonds. The Labute approximate surface area is 118 Å². The summed E-state index contributed by atoms with van der Waals surface area (Å²) in [4.78, 5) is 0. The van der Waals surface area contributed by atoms with Gasteiger partial charge in [-0.15, -0.1) is 0 Å². The van der Waals surface area contributed by atoms with Crippen LogP contribution in [0.5, 0.6) is 0 Å². The van der Waals surface area contributed by atoms with Gasteiger partial charge in [-0.25, -0.2) is 4.39 Å². The van der Waals surface area contributed by atoms with Crippen molar-refractivity contribution in [1.29, 1.82) is 0 Å². The van der Waals surface area contributed by atoms with Gasteiger partial charge in [0.15, 0.2) is 0 Å². The number of hydrogen-bond donors (Lipinski definition) is 2. The van der Waals surface area contributed by atoms with Crippen LogP contribution in [-0.2, 0) is 11.2 Å². The Balaban J connectivity index is 1.86. The molecule has 0 radical (unpaired) electrons. The molecular formula is C14H20ClFN2O. The molecule has 0 aromatic heterocycles. The lowest BCUT2D eigenvalue weighted by Crippen LogP contribution is -2.37. The van der Waals surface area contributed by atoms with Crippen molar-refractivity contribution in [3.63, 3.8) is 0 Å². The average Bonchev–Trinajstić information content (AvgIpc) is 2.90. The maximum Gasteiger partial charge on any atom is 0.124 e. The van der Waals surface area contributed by atoms with E-state index in [1.165, 1.54) is 12.1 Å². The van der Waals surface area contributed by atoms with Crippen LogP contribution in [-0.4, -0.2) is 18.8 Å². The van der Waals surface area contributed by atoms with E-state index in [-0.39, 0.29) is 11.9 Å². The van der Waals surface area contributed by atoms with E-state index in [2.05, 4.69) is 5.43 Å². The van der Waals surface area contributed by atoms with Gasteiger partial charge in [0.2, 0.25) is 0 Å². The van der Waals surface area contributed by atoms with Gasteiger partial charge in [-0.2, -0.15) is 0 Å². The van der Waals surface area contributed by atoms with Crippen LogP contribution in [0.1, 0.15) is 31.2 Å². The number of rotatable bonds is 6. The molecule has 1 aliphatic rings. The Bertz CT molecular complexity index is 410. The second-order valence-corrected chi connectivity index (χ2v) is 5.42. The third-order valence-electron chi connectivity index (χ3n) is 3.58. The summed E-state index contributed by atoms with van der Waals surface area (Å²) in [7, 11) is 0. The van der Waals surface area contributed by atoms with Gasteiger partial charge in [0.1, 0.15) is 5.82 Å². The second kappa shape index (κ2) is 7.20. The maximum atomic E-state index is 13.0. The van der Waals surface area contributed by atoms with Gasteiger partial charge in [-0.05, 0) is 49.8 Å². The molecule has 0 aliphatic carbocycles. The molecule has 3 nitrogen and oxygen atoms in total. The van der Waals surface area contributed by atoms with Gasteiger partial charge >= 0.3 is 0 Å². The monoisotopic (exact) mass is 286 g/mol. The largest absolute Gasteiger partial charge is 0.378 e. The van der Waals surface area contributed by atoms with Gasteiger partial charge in [-0.3, -0.25) is 11.3 Å². The van der Waals surface area contributed by atoms with Crippen LogP contribution < -0.4 is 11.3 Å². The first-order valence-electron chi connectivity index (χ1n) is 6.70. The molecule has 1 aliphatic heterocycles.